The quantitative estimate of drug-likeness (QED) is 0.787. The Morgan fingerprint density at radius 1 is 1.08 bits per heavy atom. The highest BCUT2D eigenvalue weighted by molar-refractivity contribution is 5.93. The van der Waals surface area contributed by atoms with Gasteiger partial charge in [0.1, 0.15) is 6.54 Å². The van der Waals surface area contributed by atoms with Gasteiger partial charge in [-0.1, -0.05) is 42.5 Å². The van der Waals surface area contributed by atoms with Crippen molar-refractivity contribution >= 4 is 11.8 Å². The molecule has 0 spiro atoms. The molecule has 0 saturated carbocycles. The van der Waals surface area contributed by atoms with E-state index < -0.39 is 0 Å². The average molecular weight is 354 g/mol. The van der Waals surface area contributed by atoms with Crippen molar-refractivity contribution in [2.24, 2.45) is 0 Å². The molecule has 0 saturated heterocycles. The van der Waals surface area contributed by atoms with Crippen molar-refractivity contribution in [1.82, 2.24) is 10.2 Å². The van der Waals surface area contributed by atoms with Gasteiger partial charge in [-0.2, -0.15) is 0 Å². The summed E-state index contributed by atoms with van der Waals surface area (Å²) in [6, 6.07) is 17.6. The summed E-state index contributed by atoms with van der Waals surface area (Å²) in [6.07, 6.45) is 0. The Bertz CT molecular complexity index is 729. The summed E-state index contributed by atoms with van der Waals surface area (Å²) in [5.41, 5.74) is 2.87. The standard InChI is InChI=1S/C21H27N3O2/c1-16(18-8-6-5-7-9-18)24(4)20(25)15-23(3)14-17-10-12-19(13-11-17)21(26)22-2/h5-13,16H,14-15H2,1-4H3,(H,22,26)/p+1/t16-/m0/s1. The lowest BCUT2D eigenvalue weighted by Gasteiger charge is -2.26. The van der Waals surface area contributed by atoms with Crippen LogP contribution in [0.5, 0.6) is 0 Å². The number of hydrogen-bond acceptors (Lipinski definition) is 2. The Hall–Kier alpha value is -2.66. The normalized spacial score (nSPS) is 12.9. The maximum atomic E-state index is 12.6. The molecule has 0 bridgehead atoms. The van der Waals surface area contributed by atoms with Gasteiger partial charge in [0.2, 0.25) is 0 Å². The van der Waals surface area contributed by atoms with Crippen molar-refractivity contribution in [2.75, 3.05) is 27.7 Å². The van der Waals surface area contributed by atoms with Crippen LogP contribution in [0.1, 0.15) is 34.5 Å². The van der Waals surface area contributed by atoms with Gasteiger partial charge in [0.25, 0.3) is 11.8 Å². The largest absolute Gasteiger partial charge is 0.355 e. The Morgan fingerprint density at radius 3 is 2.27 bits per heavy atom. The van der Waals surface area contributed by atoms with Crippen LogP contribution in [0, 0.1) is 0 Å². The topological polar surface area (TPSA) is 53.9 Å². The van der Waals surface area contributed by atoms with Crippen molar-refractivity contribution in [2.45, 2.75) is 19.5 Å². The molecular weight excluding hydrogens is 326 g/mol. The maximum Gasteiger partial charge on any atom is 0.278 e. The van der Waals surface area contributed by atoms with Crippen LogP contribution in [-0.4, -0.2) is 44.4 Å². The smallest absolute Gasteiger partial charge is 0.278 e. The summed E-state index contributed by atoms with van der Waals surface area (Å²) in [4.78, 5) is 27.1. The molecule has 2 aromatic rings. The van der Waals surface area contributed by atoms with E-state index in [0.29, 0.717) is 12.1 Å². The molecule has 26 heavy (non-hydrogen) atoms. The van der Waals surface area contributed by atoms with Gasteiger partial charge in [0, 0.05) is 25.2 Å². The second-order valence-corrected chi connectivity index (χ2v) is 6.68. The van der Waals surface area contributed by atoms with Crippen LogP contribution >= 0.6 is 0 Å². The monoisotopic (exact) mass is 354 g/mol. The van der Waals surface area contributed by atoms with E-state index in [4.69, 9.17) is 0 Å². The molecule has 2 rings (SSSR count). The molecule has 0 aromatic heterocycles. The fraction of sp³-hybridized carbons (Fsp3) is 0.333. The van der Waals surface area contributed by atoms with E-state index >= 15 is 0 Å². The van der Waals surface area contributed by atoms with E-state index in [1.54, 1.807) is 11.9 Å². The molecule has 0 aliphatic carbocycles. The predicted molar refractivity (Wildman–Crippen MR) is 103 cm³/mol. The number of amides is 2. The number of carbonyl (C=O) groups excluding carboxylic acids is 2. The summed E-state index contributed by atoms with van der Waals surface area (Å²) in [5, 5.41) is 2.61. The minimum Gasteiger partial charge on any atom is -0.355 e. The summed E-state index contributed by atoms with van der Waals surface area (Å²) in [6.45, 7) is 3.19. The first-order chi connectivity index (χ1) is 12.4. The van der Waals surface area contributed by atoms with Gasteiger partial charge < -0.3 is 15.1 Å². The Morgan fingerprint density at radius 2 is 1.69 bits per heavy atom. The molecule has 5 nitrogen and oxygen atoms in total. The van der Waals surface area contributed by atoms with Gasteiger partial charge in [-0.25, -0.2) is 0 Å². The average Bonchev–Trinajstić information content (AvgIpc) is 2.67. The molecule has 5 heteroatoms. The highest BCUT2D eigenvalue weighted by atomic mass is 16.2. The summed E-state index contributed by atoms with van der Waals surface area (Å²) in [7, 11) is 5.48. The van der Waals surface area contributed by atoms with Gasteiger partial charge in [0.15, 0.2) is 6.54 Å². The van der Waals surface area contributed by atoms with Crippen molar-refractivity contribution in [3.8, 4) is 0 Å². The summed E-state index contributed by atoms with van der Waals surface area (Å²) >= 11 is 0. The van der Waals surface area contributed by atoms with E-state index in [2.05, 4.69) is 5.32 Å². The lowest BCUT2D eigenvalue weighted by atomic mass is 10.1. The fourth-order valence-electron chi connectivity index (χ4n) is 2.88. The van der Waals surface area contributed by atoms with Crippen LogP contribution in [0.3, 0.4) is 0 Å². The number of quaternary nitrogens is 1. The second kappa shape index (κ2) is 9.15. The van der Waals surface area contributed by atoms with Gasteiger partial charge in [-0.05, 0) is 24.6 Å². The summed E-state index contributed by atoms with van der Waals surface area (Å²) in [5.74, 6) is 0.0183. The number of nitrogens with zero attached hydrogens (tertiary/aromatic N) is 1. The molecule has 2 N–H and O–H groups in total. The zero-order chi connectivity index (χ0) is 19.1. The third kappa shape index (κ3) is 5.17. The van der Waals surface area contributed by atoms with Crippen LogP contribution in [0.25, 0.3) is 0 Å². The van der Waals surface area contributed by atoms with E-state index in [1.165, 1.54) is 0 Å². The highest BCUT2D eigenvalue weighted by Gasteiger charge is 2.20. The van der Waals surface area contributed by atoms with E-state index in [0.717, 1.165) is 22.6 Å². The minimum absolute atomic E-state index is 0.0448. The van der Waals surface area contributed by atoms with Crippen molar-refractivity contribution in [3.63, 3.8) is 0 Å². The van der Waals surface area contributed by atoms with E-state index in [1.807, 2.05) is 75.6 Å². The van der Waals surface area contributed by atoms with Crippen molar-refractivity contribution in [3.05, 3.63) is 71.3 Å². The van der Waals surface area contributed by atoms with Gasteiger partial charge in [0.05, 0.1) is 13.1 Å². The third-order valence-electron chi connectivity index (χ3n) is 4.66. The number of benzene rings is 2. The first-order valence-corrected chi connectivity index (χ1v) is 8.85. The van der Waals surface area contributed by atoms with Gasteiger partial charge >= 0.3 is 0 Å². The molecule has 2 amide bonds. The van der Waals surface area contributed by atoms with Crippen LogP contribution in [0.4, 0.5) is 0 Å². The molecular formula is C21H28N3O2+. The van der Waals surface area contributed by atoms with Gasteiger partial charge in [-0.15, -0.1) is 0 Å². The second-order valence-electron chi connectivity index (χ2n) is 6.68. The number of rotatable bonds is 7. The van der Waals surface area contributed by atoms with Crippen LogP contribution in [-0.2, 0) is 11.3 Å². The molecule has 0 radical (unpaired) electrons. The number of carbonyl (C=O) groups is 2. The molecule has 1 unspecified atom stereocenters. The predicted octanol–water partition coefficient (Wildman–Crippen LogP) is 1.28. The third-order valence-corrected chi connectivity index (χ3v) is 4.66. The molecule has 138 valence electrons. The maximum absolute atomic E-state index is 12.6. The SMILES string of the molecule is CNC(=O)c1ccc(C[NH+](C)CC(=O)N(C)[C@@H](C)c2ccccc2)cc1. The fourth-order valence-corrected chi connectivity index (χ4v) is 2.88. The molecule has 0 aliphatic rings. The van der Waals surface area contributed by atoms with Crippen LogP contribution in [0.2, 0.25) is 0 Å². The Kier molecular flexibility index (Phi) is 6.92. The van der Waals surface area contributed by atoms with Crippen LogP contribution in [0.15, 0.2) is 54.6 Å². The van der Waals surface area contributed by atoms with E-state index in [-0.39, 0.29) is 17.9 Å². The molecule has 2 aromatic carbocycles. The first-order valence-electron chi connectivity index (χ1n) is 8.85. The number of hydrogen-bond donors (Lipinski definition) is 2. The molecule has 0 fully saturated rings. The highest BCUT2D eigenvalue weighted by Crippen LogP contribution is 2.17. The van der Waals surface area contributed by atoms with Crippen molar-refractivity contribution < 1.29 is 14.5 Å². The number of nitrogens with one attached hydrogen (secondary N) is 2. The lowest BCUT2D eigenvalue weighted by Crippen LogP contribution is -3.08. The van der Waals surface area contributed by atoms with Crippen LogP contribution < -0.4 is 10.2 Å². The summed E-state index contributed by atoms with van der Waals surface area (Å²) < 4.78 is 0. The zero-order valence-electron chi connectivity index (χ0n) is 16.0. The van der Waals surface area contributed by atoms with E-state index in [9.17, 15) is 9.59 Å². The van der Waals surface area contributed by atoms with Crippen molar-refractivity contribution in [1.29, 1.82) is 0 Å². The lowest BCUT2D eigenvalue weighted by molar-refractivity contribution is -0.885. The molecule has 2 atom stereocenters. The Balaban J connectivity index is 1.91. The van der Waals surface area contributed by atoms with Gasteiger partial charge in [-0.3, -0.25) is 9.59 Å². The number of likely N-dealkylation sites (N-methyl/N-ethyl adjacent to an activating group) is 2. The Labute approximate surface area is 155 Å². The minimum atomic E-state index is -0.0936. The molecule has 0 heterocycles. The first kappa shape index (κ1) is 19.7. The zero-order valence-corrected chi connectivity index (χ0v) is 16.0. The molecule has 0 aliphatic heterocycles.